The van der Waals surface area contributed by atoms with Crippen molar-refractivity contribution in [2.45, 2.75) is 0 Å². The van der Waals surface area contributed by atoms with Gasteiger partial charge in [-0.1, -0.05) is 146 Å². The van der Waals surface area contributed by atoms with Gasteiger partial charge in [-0.15, -0.1) is 17.0 Å². The van der Waals surface area contributed by atoms with Crippen LogP contribution in [0.2, 0.25) is 0 Å². The minimum atomic E-state index is -0.877. The van der Waals surface area contributed by atoms with Crippen LogP contribution < -0.4 is 31.8 Å². The van der Waals surface area contributed by atoms with Gasteiger partial charge in [0.15, 0.2) is 0 Å². The minimum Gasteiger partial charge on any atom is -0.114 e. The molecular formula is C36H34BrNiP2+. The van der Waals surface area contributed by atoms with Gasteiger partial charge >= 0.3 is 0 Å². The monoisotopic (exact) mass is 665 g/mol. The molecule has 6 aromatic carbocycles. The zero-order valence-electron chi connectivity index (χ0n) is 22.0. The molecule has 0 aliphatic rings. The second kappa shape index (κ2) is 17.1. The van der Waals surface area contributed by atoms with Crippen LogP contribution in [0.15, 0.2) is 182 Å². The van der Waals surface area contributed by atoms with E-state index in [1.807, 2.05) is 0 Å². The van der Waals surface area contributed by atoms with E-state index in [9.17, 15) is 0 Å². The van der Waals surface area contributed by atoms with Crippen LogP contribution in [0.1, 0.15) is 1.43 Å². The predicted octanol–water partition coefficient (Wildman–Crippen LogP) is 7.44. The van der Waals surface area contributed by atoms with E-state index in [1.54, 1.807) is 0 Å². The molecule has 0 amide bonds. The zero-order chi connectivity index (χ0) is 25.8. The Morgan fingerprint density at radius 2 is 0.525 bits per heavy atom. The van der Waals surface area contributed by atoms with Gasteiger partial charge in [-0.2, -0.15) is 0 Å². The maximum absolute atomic E-state index is 2.24. The summed E-state index contributed by atoms with van der Waals surface area (Å²) in [6.45, 7) is 0. The average Bonchev–Trinajstić information content (AvgIpc) is 3.01. The second-order valence-corrected chi connectivity index (χ2v) is 13.5. The maximum Gasteiger partial charge on any atom is 0.102 e. The molecule has 0 aliphatic heterocycles. The molecular weight excluding hydrogens is 633 g/mol. The third-order valence-corrected chi connectivity index (χ3v) is 11.4. The molecule has 0 heterocycles. The predicted molar refractivity (Wildman–Crippen MR) is 184 cm³/mol. The number of hydrogen-bond donors (Lipinski definition) is 0. The van der Waals surface area contributed by atoms with Gasteiger partial charge in [-0.3, -0.25) is 0 Å². The molecule has 0 unspecified atom stereocenters. The number of rotatable bonds is 6. The summed E-state index contributed by atoms with van der Waals surface area (Å²) in [4.78, 5) is 0. The SMILES string of the molecule is Br.[HH].[Ni].c1ccc(P(c2ccccc2)c2ccccc2)cc1.c1ccc([PH+](c2ccccc2)c2ccccc2)cc1. The molecule has 0 bridgehead atoms. The molecule has 0 radical (unpaired) electrons. The zero-order valence-corrected chi connectivity index (χ0v) is 26.6. The summed E-state index contributed by atoms with van der Waals surface area (Å²) in [5, 5.41) is 8.50. The van der Waals surface area contributed by atoms with Crippen LogP contribution in [-0.4, -0.2) is 0 Å². The fraction of sp³-hybridized carbons (Fsp3) is 0. The number of halogens is 1. The maximum atomic E-state index is 2.24. The number of benzene rings is 6. The summed E-state index contributed by atoms with van der Waals surface area (Å²) in [5.74, 6) is 0. The molecule has 0 saturated heterocycles. The molecule has 0 spiro atoms. The summed E-state index contributed by atoms with van der Waals surface area (Å²) in [5.41, 5.74) is 0. The van der Waals surface area contributed by atoms with Gasteiger partial charge in [-0.25, -0.2) is 0 Å². The Balaban J connectivity index is 0.000000267. The summed E-state index contributed by atoms with van der Waals surface area (Å²) in [6, 6.07) is 64.8. The molecule has 0 aliphatic carbocycles. The molecule has 0 saturated carbocycles. The average molecular weight is 667 g/mol. The molecule has 0 aromatic heterocycles. The first-order valence-electron chi connectivity index (χ1n) is 12.9. The van der Waals surface area contributed by atoms with Crippen molar-refractivity contribution in [2.75, 3.05) is 0 Å². The standard InChI is InChI=1S/2C18H15P.BrH.Ni.H2/c2*1-4-10-16(11-5-1)19(17-12-6-2-7-13-17)18-14-8-3-9-15-18;;;/h2*1-15H;1H;;1H/p+1. The van der Waals surface area contributed by atoms with Crippen LogP contribution in [0.3, 0.4) is 0 Å². The molecule has 0 N–H and O–H groups in total. The van der Waals surface area contributed by atoms with Gasteiger partial charge in [0.2, 0.25) is 0 Å². The summed E-state index contributed by atoms with van der Waals surface area (Å²) in [6.07, 6.45) is 0. The summed E-state index contributed by atoms with van der Waals surface area (Å²) in [7, 11) is -1.32. The molecule has 0 fully saturated rings. The van der Waals surface area contributed by atoms with Gasteiger partial charge < -0.3 is 0 Å². The Hall–Kier alpha value is -2.85. The molecule has 4 heteroatoms. The van der Waals surface area contributed by atoms with Crippen LogP contribution in [0.4, 0.5) is 0 Å². The first kappa shape index (κ1) is 31.7. The summed E-state index contributed by atoms with van der Waals surface area (Å²) < 4.78 is 0. The third kappa shape index (κ3) is 8.57. The molecule has 6 rings (SSSR count). The fourth-order valence-electron chi connectivity index (χ4n) is 4.49. The molecule has 0 nitrogen and oxygen atoms in total. The van der Waals surface area contributed by atoms with Crippen LogP contribution in [0.5, 0.6) is 0 Å². The first-order chi connectivity index (χ1) is 18.9. The van der Waals surface area contributed by atoms with Crippen LogP contribution in [0.25, 0.3) is 0 Å². The molecule has 204 valence electrons. The van der Waals surface area contributed by atoms with E-state index in [2.05, 4.69) is 182 Å². The smallest absolute Gasteiger partial charge is 0.102 e. The largest absolute Gasteiger partial charge is 0.114 e. The van der Waals surface area contributed by atoms with E-state index < -0.39 is 15.8 Å². The van der Waals surface area contributed by atoms with E-state index in [-0.39, 0.29) is 34.9 Å². The normalized spacial score (nSPS) is 10.1. The van der Waals surface area contributed by atoms with Crippen molar-refractivity contribution in [3.63, 3.8) is 0 Å². The van der Waals surface area contributed by atoms with Crippen molar-refractivity contribution in [3.8, 4) is 0 Å². The quantitative estimate of drug-likeness (QED) is 0.128. The Kier molecular flexibility index (Phi) is 13.5. The van der Waals surface area contributed by atoms with Gasteiger partial charge in [0.05, 0.1) is 7.92 Å². The molecule has 0 atom stereocenters. The third-order valence-electron chi connectivity index (χ3n) is 6.23. The minimum absolute atomic E-state index is 0. The first-order valence-corrected chi connectivity index (χ1v) is 15.7. The Morgan fingerprint density at radius 1 is 0.325 bits per heavy atom. The Labute approximate surface area is 263 Å². The van der Waals surface area contributed by atoms with E-state index in [1.165, 1.54) is 31.8 Å². The van der Waals surface area contributed by atoms with Crippen molar-refractivity contribution < 1.29 is 17.9 Å². The van der Waals surface area contributed by atoms with Gasteiger partial charge in [0, 0.05) is 17.9 Å². The van der Waals surface area contributed by atoms with E-state index in [4.69, 9.17) is 0 Å². The van der Waals surface area contributed by atoms with Crippen molar-refractivity contribution in [2.24, 2.45) is 0 Å². The van der Waals surface area contributed by atoms with Crippen molar-refractivity contribution in [3.05, 3.63) is 182 Å². The van der Waals surface area contributed by atoms with Crippen LogP contribution >= 0.6 is 32.8 Å². The van der Waals surface area contributed by atoms with Gasteiger partial charge in [0.1, 0.15) is 15.9 Å². The van der Waals surface area contributed by atoms with E-state index in [0.717, 1.165) is 0 Å². The van der Waals surface area contributed by atoms with E-state index in [0.29, 0.717) is 0 Å². The molecule has 6 aromatic rings. The number of hydrogen-bond acceptors (Lipinski definition) is 0. The fourth-order valence-corrected chi connectivity index (χ4v) is 9.38. The van der Waals surface area contributed by atoms with Crippen molar-refractivity contribution >= 4 is 64.7 Å². The van der Waals surface area contributed by atoms with Gasteiger partial charge in [-0.05, 0) is 60.2 Å². The Morgan fingerprint density at radius 3 is 0.750 bits per heavy atom. The van der Waals surface area contributed by atoms with Crippen molar-refractivity contribution in [1.29, 1.82) is 0 Å². The van der Waals surface area contributed by atoms with E-state index >= 15 is 0 Å². The summed E-state index contributed by atoms with van der Waals surface area (Å²) >= 11 is 0. The van der Waals surface area contributed by atoms with Crippen LogP contribution in [-0.2, 0) is 16.5 Å². The Bertz CT molecular complexity index is 1190. The van der Waals surface area contributed by atoms with Crippen LogP contribution in [0, 0.1) is 0 Å². The van der Waals surface area contributed by atoms with Crippen molar-refractivity contribution in [1.82, 2.24) is 0 Å². The van der Waals surface area contributed by atoms with Gasteiger partial charge in [0.25, 0.3) is 0 Å². The molecule has 40 heavy (non-hydrogen) atoms. The second-order valence-electron chi connectivity index (χ2n) is 8.82. The topological polar surface area (TPSA) is 0 Å².